The molecule has 7 nitrogen and oxygen atoms in total. The first-order valence-electron chi connectivity index (χ1n) is 8.07. The van der Waals surface area contributed by atoms with Crippen molar-refractivity contribution in [1.82, 2.24) is 9.80 Å². The minimum atomic E-state index is -0.253. The second kappa shape index (κ2) is 8.71. The Labute approximate surface area is 151 Å². The van der Waals surface area contributed by atoms with Gasteiger partial charge >= 0.3 is 0 Å². The van der Waals surface area contributed by atoms with E-state index in [0.29, 0.717) is 42.6 Å². The van der Waals surface area contributed by atoms with E-state index in [1.807, 2.05) is 0 Å². The zero-order chi connectivity index (χ0) is 18.4. The van der Waals surface area contributed by atoms with Gasteiger partial charge in [-0.05, 0) is 18.2 Å². The molecule has 0 aliphatic carbocycles. The molecule has 0 unspecified atom stereocenters. The molecule has 136 valence electrons. The van der Waals surface area contributed by atoms with Crippen molar-refractivity contribution in [3.63, 3.8) is 0 Å². The summed E-state index contributed by atoms with van der Waals surface area (Å²) < 4.78 is 5.05. The number of piperazine rings is 1. The lowest BCUT2D eigenvalue weighted by Gasteiger charge is -2.34. The molecule has 0 saturated carbocycles. The van der Waals surface area contributed by atoms with Crippen molar-refractivity contribution in [3.05, 3.63) is 23.2 Å². The van der Waals surface area contributed by atoms with E-state index in [9.17, 15) is 14.4 Å². The Hall–Kier alpha value is -2.28. The van der Waals surface area contributed by atoms with Crippen LogP contribution in [0.1, 0.15) is 19.8 Å². The molecule has 1 N–H and O–H groups in total. The van der Waals surface area contributed by atoms with Gasteiger partial charge in [-0.1, -0.05) is 11.6 Å². The molecule has 1 aliphatic heterocycles. The van der Waals surface area contributed by atoms with Gasteiger partial charge in [0, 0.05) is 51.6 Å². The van der Waals surface area contributed by atoms with Gasteiger partial charge in [-0.3, -0.25) is 14.4 Å². The molecule has 1 saturated heterocycles. The zero-order valence-electron chi connectivity index (χ0n) is 14.4. The van der Waals surface area contributed by atoms with Gasteiger partial charge in [0.05, 0.1) is 12.1 Å². The molecule has 3 amide bonds. The number of benzene rings is 1. The topological polar surface area (TPSA) is 79.0 Å². The molecule has 0 radical (unpaired) electrons. The first-order valence-corrected chi connectivity index (χ1v) is 8.45. The summed E-state index contributed by atoms with van der Waals surface area (Å²) in [6.07, 6.45) is 0.227. The summed E-state index contributed by atoms with van der Waals surface area (Å²) in [4.78, 5) is 38.9. The highest BCUT2D eigenvalue weighted by molar-refractivity contribution is 6.32. The molecule has 0 spiro atoms. The Bertz CT molecular complexity index is 657. The van der Waals surface area contributed by atoms with Crippen LogP contribution in [0, 0.1) is 0 Å². The number of amides is 3. The van der Waals surface area contributed by atoms with E-state index in [0.717, 1.165) is 0 Å². The number of carbonyl (C=O) groups is 3. The third-order valence-electron chi connectivity index (χ3n) is 4.08. The molecular weight excluding hydrogens is 346 g/mol. The quantitative estimate of drug-likeness (QED) is 0.860. The normalized spacial score (nSPS) is 14.2. The highest BCUT2D eigenvalue weighted by atomic mass is 35.5. The van der Waals surface area contributed by atoms with Crippen molar-refractivity contribution in [2.75, 3.05) is 38.6 Å². The summed E-state index contributed by atoms with van der Waals surface area (Å²) in [7, 11) is 1.52. The Kier molecular flexibility index (Phi) is 6.64. The summed E-state index contributed by atoms with van der Waals surface area (Å²) in [5.74, 6) is 0.215. The number of nitrogens with one attached hydrogen (secondary N) is 1. The number of hydrogen-bond acceptors (Lipinski definition) is 4. The lowest BCUT2D eigenvalue weighted by Crippen LogP contribution is -2.50. The van der Waals surface area contributed by atoms with Crippen LogP contribution in [0.5, 0.6) is 5.75 Å². The first kappa shape index (κ1) is 19.1. The van der Waals surface area contributed by atoms with Gasteiger partial charge < -0.3 is 19.9 Å². The van der Waals surface area contributed by atoms with E-state index in [-0.39, 0.29) is 30.6 Å². The monoisotopic (exact) mass is 367 g/mol. The van der Waals surface area contributed by atoms with E-state index >= 15 is 0 Å². The zero-order valence-corrected chi connectivity index (χ0v) is 15.1. The molecule has 1 aliphatic rings. The number of nitrogens with zero attached hydrogens (tertiary/aromatic N) is 2. The van der Waals surface area contributed by atoms with Crippen LogP contribution in [0.15, 0.2) is 18.2 Å². The minimum Gasteiger partial charge on any atom is -0.495 e. The predicted molar refractivity (Wildman–Crippen MR) is 94.7 cm³/mol. The predicted octanol–water partition coefficient (Wildman–Crippen LogP) is 1.76. The van der Waals surface area contributed by atoms with Crippen molar-refractivity contribution in [2.24, 2.45) is 0 Å². The summed E-state index contributed by atoms with van der Waals surface area (Å²) in [6.45, 7) is 3.62. The van der Waals surface area contributed by atoms with Gasteiger partial charge in [0.1, 0.15) is 5.75 Å². The summed E-state index contributed by atoms with van der Waals surface area (Å²) in [5.41, 5.74) is 0.554. The van der Waals surface area contributed by atoms with E-state index < -0.39 is 0 Å². The number of hydrogen-bond donors (Lipinski definition) is 1. The molecule has 1 aromatic rings. The molecule has 1 heterocycles. The van der Waals surface area contributed by atoms with Crippen LogP contribution < -0.4 is 10.1 Å². The highest BCUT2D eigenvalue weighted by Crippen LogP contribution is 2.27. The SMILES string of the molecule is COc1ccc(NC(=O)CCC(=O)N2CCN(C(C)=O)CC2)cc1Cl. The molecule has 0 aromatic heterocycles. The molecule has 25 heavy (non-hydrogen) atoms. The number of carbonyl (C=O) groups excluding carboxylic acids is 3. The van der Waals surface area contributed by atoms with Crippen molar-refractivity contribution in [3.8, 4) is 5.75 Å². The number of halogens is 1. The van der Waals surface area contributed by atoms with Gasteiger partial charge in [-0.15, -0.1) is 0 Å². The van der Waals surface area contributed by atoms with Crippen LogP contribution in [0.2, 0.25) is 5.02 Å². The average molecular weight is 368 g/mol. The second-order valence-corrected chi connectivity index (χ2v) is 6.19. The smallest absolute Gasteiger partial charge is 0.224 e. The second-order valence-electron chi connectivity index (χ2n) is 5.78. The van der Waals surface area contributed by atoms with E-state index in [1.54, 1.807) is 28.0 Å². The van der Waals surface area contributed by atoms with Gasteiger partial charge in [0.15, 0.2) is 0 Å². The van der Waals surface area contributed by atoms with E-state index in [2.05, 4.69) is 5.32 Å². The lowest BCUT2D eigenvalue weighted by atomic mass is 10.2. The van der Waals surface area contributed by atoms with Crippen LogP contribution in [-0.4, -0.2) is 60.8 Å². The summed E-state index contributed by atoms with van der Waals surface area (Å²) >= 11 is 6.01. The molecule has 1 fully saturated rings. The first-order chi connectivity index (χ1) is 11.9. The average Bonchev–Trinajstić information content (AvgIpc) is 2.60. The lowest BCUT2D eigenvalue weighted by molar-refractivity contribution is -0.138. The van der Waals surface area contributed by atoms with Crippen LogP contribution in [0.3, 0.4) is 0 Å². The van der Waals surface area contributed by atoms with Crippen LogP contribution in [-0.2, 0) is 14.4 Å². The largest absolute Gasteiger partial charge is 0.495 e. The number of ether oxygens (including phenoxy) is 1. The fraction of sp³-hybridized carbons (Fsp3) is 0.471. The van der Waals surface area contributed by atoms with E-state index in [1.165, 1.54) is 14.0 Å². The van der Waals surface area contributed by atoms with Crippen molar-refractivity contribution >= 4 is 35.0 Å². The summed E-state index contributed by atoms with van der Waals surface area (Å²) in [6, 6.07) is 4.95. The summed E-state index contributed by atoms with van der Waals surface area (Å²) in [5, 5.41) is 3.11. The fourth-order valence-electron chi connectivity index (χ4n) is 2.62. The molecule has 2 rings (SSSR count). The molecule has 0 bridgehead atoms. The third kappa shape index (κ3) is 5.35. The maximum Gasteiger partial charge on any atom is 0.224 e. The Balaban J connectivity index is 1.77. The van der Waals surface area contributed by atoms with Gasteiger partial charge in [-0.2, -0.15) is 0 Å². The van der Waals surface area contributed by atoms with Crippen molar-refractivity contribution in [1.29, 1.82) is 0 Å². The maximum absolute atomic E-state index is 12.2. The third-order valence-corrected chi connectivity index (χ3v) is 4.37. The maximum atomic E-state index is 12.2. The van der Waals surface area contributed by atoms with Crippen molar-refractivity contribution in [2.45, 2.75) is 19.8 Å². The minimum absolute atomic E-state index is 0.0182. The Morgan fingerprint density at radius 2 is 1.76 bits per heavy atom. The van der Waals surface area contributed by atoms with E-state index in [4.69, 9.17) is 16.3 Å². The number of anilines is 1. The van der Waals surface area contributed by atoms with Crippen LogP contribution in [0.25, 0.3) is 0 Å². The number of methoxy groups -OCH3 is 1. The van der Waals surface area contributed by atoms with Crippen molar-refractivity contribution < 1.29 is 19.1 Å². The van der Waals surface area contributed by atoms with Crippen LogP contribution >= 0.6 is 11.6 Å². The Morgan fingerprint density at radius 3 is 2.32 bits per heavy atom. The molecular formula is C17H22ClN3O4. The standard InChI is InChI=1S/C17H22ClN3O4/c1-12(22)20-7-9-21(10-8-20)17(24)6-5-16(23)19-13-3-4-15(25-2)14(18)11-13/h3-4,11H,5-10H2,1-2H3,(H,19,23). The molecule has 1 aromatic carbocycles. The van der Waals surface area contributed by atoms with Gasteiger partial charge in [-0.25, -0.2) is 0 Å². The van der Waals surface area contributed by atoms with Crippen LogP contribution in [0.4, 0.5) is 5.69 Å². The fourth-order valence-corrected chi connectivity index (χ4v) is 2.87. The molecule has 0 atom stereocenters. The highest BCUT2D eigenvalue weighted by Gasteiger charge is 2.22. The van der Waals surface area contributed by atoms with Gasteiger partial charge in [0.25, 0.3) is 0 Å². The Morgan fingerprint density at radius 1 is 1.12 bits per heavy atom. The molecule has 8 heteroatoms. The van der Waals surface area contributed by atoms with Gasteiger partial charge in [0.2, 0.25) is 17.7 Å². The number of rotatable bonds is 5.